The summed E-state index contributed by atoms with van der Waals surface area (Å²) in [5, 5.41) is 14.3. The van der Waals surface area contributed by atoms with Gasteiger partial charge >= 0.3 is 5.69 Å². The van der Waals surface area contributed by atoms with E-state index in [0.717, 1.165) is 12.8 Å². The molecule has 25 heavy (non-hydrogen) atoms. The van der Waals surface area contributed by atoms with Crippen LogP contribution in [0.4, 0.5) is 5.69 Å². The molecule has 8 nitrogen and oxygen atoms in total. The van der Waals surface area contributed by atoms with Crippen LogP contribution in [0, 0.1) is 16.0 Å². The smallest absolute Gasteiger partial charge is 0.327 e. The molecule has 0 heterocycles. The second kappa shape index (κ2) is 9.10. The molecule has 0 aliphatic heterocycles. The van der Waals surface area contributed by atoms with E-state index in [1.807, 2.05) is 6.92 Å². The number of nitrogens with zero attached hydrogens (tertiary/aromatic N) is 1. The molecule has 1 amide bonds. The van der Waals surface area contributed by atoms with Gasteiger partial charge in [0.2, 0.25) is 11.5 Å². The minimum Gasteiger partial charge on any atom is -0.493 e. The third-order valence-corrected chi connectivity index (χ3v) is 3.79. The summed E-state index contributed by atoms with van der Waals surface area (Å²) in [7, 11) is 4.01. The maximum atomic E-state index is 12.6. The summed E-state index contributed by atoms with van der Waals surface area (Å²) in [4.78, 5) is 23.5. The first-order valence-corrected chi connectivity index (χ1v) is 8.04. The maximum Gasteiger partial charge on any atom is 0.327 e. The van der Waals surface area contributed by atoms with Crippen LogP contribution in [0.1, 0.15) is 44.0 Å². The SMILES string of the molecule is COc1cc(C(=O)NC(C)CCC(C)C)c([N+](=O)[O-])c(OC)c1OC. The van der Waals surface area contributed by atoms with Gasteiger partial charge in [-0.15, -0.1) is 0 Å². The molecule has 0 bridgehead atoms. The molecular weight excluding hydrogens is 328 g/mol. The number of hydrogen-bond donors (Lipinski definition) is 1. The van der Waals surface area contributed by atoms with Gasteiger partial charge in [0.25, 0.3) is 5.91 Å². The molecule has 0 saturated heterocycles. The summed E-state index contributed by atoms with van der Waals surface area (Å²) in [6, 6.07) is 1.18. The number of nitro benzene ring substituents is 1. The second-order valence-corrected chi connectivity index (χ2v) is 6.14. The molecule has 1 unspecified atom stereocenters. The fourth-order valence-electron chi connectivity index (χ4n) is 2.45. The molecule has 1 aromatic carbocycles. The summed E-state index contributed by atoms with van der Waals surface area (Å²) >= 11 is 0. The number of methoxy groups -OCH3 is 3. The summed E-state index contributed by atoms with van der Waals surface area (Å²) in [5.41, 5.74) is -0.579. The maximum absolute atomic E-state index is 12.6. The van der Waals surface area contributed by atoms with Crippen LogP contribution in [0.5, 0.6) is 17.2 Å². The lowest BCUT2D eigenvalue weighted by atomic mass is 10.0. The van der Waals surface area contributed by atoms with Crippen molar-refractivity contribution >= 4 is 11.6 Å². The van der Waals surface area contributed by atoms with Crippen molar-refractivity contribution in [1.82, 2.24) is 5.32 Å². The Morgan fingerprint density at radius 1 is 1.12 bits per heavy atom. The Hall–Kier alpha value is -2.51. The van der Waals surface area contributed by atoms with Crippen molar-refractivity contribution in [2.75, 3.05) is 21.3 Å². The molecule has 0 fully saturated rings. The number of amides is 1. The highest BCUT2D eigenvalue weighted by Crippen LogP contribution is 2.46. The topological polar surface area (TPSA) is 99.9 Å². The van der Waals surface area contributed by atoms with Crippen LogP contribution in [0.2, 0.25) is 0 Å². The van der Waals surface area contributed by atoms with Crippen molar-refractivity contribution in [1.29, 1.82) is 0 Å². The number of nitro groups is 1. The summed E-state index contributed by atoms with van der Waals surface area (Å²) < 4.78 is 15.4. The lowest BCUT2D eigenvalue weighted by Crippen LogP contribution is -2.33. The summed E-state index contributed by atoms with van der Waals surface area (Å²) in [6.45, 7) is 6.06. The van der Waals surface area contributed by atoms with E-state index in [1.165, 1.54) is 27.4 Å². The number of nitrogens with one attached hydrogen (secondary N) is 1. The predicted molar refractivity (Wildman–Crippen MR) is 93.8 cm³/mol. The van der Waals surface area contributed by atoms with Crippen molar-refractivity contribution in [2.45, 2.75) is 39.7 Å². The number of carbonyl (C=O) groups excluding carboxylic acids is 1. The van der Waals surface area contributed by atoms with E-state index in [4.69, 9.17) is 14.2 Å². The fourth-order valence-corrected chi connectivity index (χ4v) is 2.45. The van der Waals surface area contributed by atoms with Crippen LogP contribution in [0.15, 0.2) is 6.07 Å². The van der Waals surface area contributed by atoms with Crippen molar-refractivity contribution in [3.8, 4) is 17.2 Å². The van der Waals surface area contributed by atoms with Crippen LogP contribution < -0.4 is 19.5 Å². The number of ether oxygens (including phenoxy) is 3. The van der Waals surface area contributed by atoms with Crippen molar-refractivity contribution in [3.63, 3.8) is 0 Å². The van der Waals surface area contributed by atoms with E-state index in [2.05, 4.69) is 19.2 Å². The first-order chi connectivity index (χ1) is 11.8. The molecule has 0 aromatic heterocycles. The van der Waals surface area contributed by atoms with Gasteiger partial charge in [0.05, 0.1) is 26.3 Å². The number of hydrogen-bond acceptors (Lipinski definition) is 6. The molecule has 1 atom stereocenters. The van der Waals surface area contributed by atoms with Gasteiger partial charge < -0.3 is 19.5 Å². The minimum absolute atomic E-state index is 0.0705. The van der Waals surface area contributed by atoms with Gasteiger partial charge in [0.1, 0.15) is 5.56 Å². The first kappa shape index (κ1) is 20.5. The first-order valence-electron chi connectivity index (χ1n) is 8.04. The highest BCUT2D eigenvalue weighted by molar-refractivity contribution is 6.00. The zero-order valence-corrected chi connectivity index (χ0v) is 15.5. The zero-order chi connectivity index (χ0) is 19.1. The molecule has 140 valence electrons. The van der Waals surface area contributed by atoms with E-state index in [1.54, 1.807) is 0 Å². The lowest BCUT2D eigenvalue weighted by molar-refractivity contribution is -0.386. The minimum atomic E-state index is -0.658. The number of carbonyl (C=O) groups is 1. The number of rotatable bonds is 9. The van der Waals surface area contributed by atoms with Gasteiger partial charge in [-0.2, -0.15) is 0 Å². The Labute approximate surface area is 147 Å². The fraction of sp³-hybridized carbons (Fsp3) is 0.588. The molecule has 1 aromatic rings. The van der Waals surface area contributed by atoms with Gasteiger partial charge in [-0.25, -0.2) is 0 Å². The van der Waals surface area contributed by atoms with Gasteiger partial charge in [0.15, 0.2) is 5.75 Å². The molecule has 0 aliphatic carbocycles. The third kappa shape index (κ3) is 4.98. The molecule has 0 saturated carbocycles. The average molecular weight is 354 g/mol. The highest BCUT2D eigenvalue weighted by Gasteiger charge is 2.32. The predicted octanol–water partition coefficient (Wildman–Crippen LogP) is 3.18. The Bertz CT molecular complexity index is 630. The quantitative estimate of drug-likeness (QED) is 0.540. The standard InChI is InChI=1S/C17H26N2O6/c1-10(2)7-8-11(3)18-17(20)12-9-13(23-4)15(24-5)16(25-6)14(12)19(21)22/h9-11H,7-8H2,1-6H3,(H,18,20). The van der Waals surface area contributed by atoms with Gasteiger partial charge in [0, 0.05) is 12.1 Å². The van der Waals surface area contributed by atoms with Gasteiger partial charge in [-0.05, 0) is 25.7 Å². The monoisotopic (exact) mass is 354 g/mol. The lowest BCUT2D eigenvalue weighted by Gasteiger charge is -2.17. The molecule has 1 N–H and O–H groups in total. The molecule has 8 heteroatoms. The van der Waals surface area contributed by atoms with E-state index >= 15 is 0 Å². The van der Waals surface area contributed by atoms with E-state index in [-0.39, 0.29) is 28.9 Å². The Morgan fingerprint density at radius 3 is 2.16 bits per heavy atom. The molecule has 0 spiro atoms. The largest absolute Gasteiger partial charge is 0.493 e. The van der Waals surface area contributed by atoms with Gasteiger partial charge in [-0.3, -0.25) is 14.9 Å². The van der Waals surface area contributed by atoms with Gasteiger partial charge in [-0.1, -0.05) is 13.8 Å². The average Bonchev–Trinajstić information content (AvgIpc) is 2.57. The van der Waals surface area contributed by atoms with Crippen molar-refractivity contribution < 1.29 is 23.9 Å². The normalized spacial score (nSPS) is 11.8. The molecule has 0 aliphatic rings. The number of benzene rings is 1. The van der Waals surface area contributed by atoms with Crippen LogP contribution in [0.3, 0.4) is 0 Å². The Kier molecular flexibility index (Phi) is 7.47. The Morgan fingerprint density at radius 2 is 1.72 bits per heavy atom. The van der Waals surface area contributed by atoms with Crippen LogP contribution in [-0.4, -0.2) is 38.2 Å². The molecule has 0 radical (unpaired) electrons. The molecule has 1 rings (SSSR count). The van der Waals surface area contributed by atoms with E-state index < -0.39 is 16.5 Å². The van der Waals surface area contributed by atoms with Crippen molar-refractivity contribution in [2.24, 2.45) is 5.92 Å². The molecular formula is C17H26N2O6. The Balaban J connectivity index is 3.28. The second-order valence-electron chi connectivity index (χ2n) is 6.14. The van der Waals surface area contributed by atoms with Crippen LogP contribution in [-0.2, 0) is 0 Å². The van der Waals surface area contributed by atoms with Crippen LogP contribution >= 0.6 is 0 Å². The van der Waals surface area contributed by atoms with E-state index in [0.29, 0.717) is 5.92 Å². The van der Waals surface area contributed by atoms with E-state index in [9.17, 15) is 14.9 Å². The third-order valence-electron chi connectivity index (χ3n) is 3.79. The van der Waals surface area contributed by atoms with Crippen LogP contribution in [0.25, 0.3) is 0 Å². The zero-order valence-electron chi connectivity index (χ0n) is 15.5. The highest BCUT2D eigenvalue weighted by atomic mass is 16.6. The summed E-state index contributed by atoms with van der Waals surface area (Å²) in [5.74, 6) is 0.0648. The summed E-state index contributed by atoms with van der Waals surface area (Å²) in [6.07, 6.45) is 1.72. The van der Waals surface area contributed by atoms with Crippen molar-refractivity contribution in [3.05, 3.63) is 21.7 Å².